The van der Waals surface area contributed by atoms with E-state index in [4.69, 9.17) is 27.3 Å². The number of para-hydroxylation sites is 1. The predicted octanol–water partition coefficient (Wildman–Crippen LogP) is 3.29. The topological polar surface area (TPSA) is 79.3 Å². The molecule has 3 N–H and O–H groups in total. The van der Waals surface area contributed by atoms with Crippen LogP contribution < -0.4 is 10.5 Å². The number of nitrogens with two attached hydrogens (primary N) is 1. The molecule has 0 unspecified atom stereocenters. The second-order valence-electron chi connectivity index (χ2n) is 3.55. The quantitative estimate of drug-likeness (QED) is 0.641. The van der Waals surface area contributed by atoms with Crippen LogP contribution in [-0.2, 0) is 0 Å². The molecule has 0 amide bonds. The Hall–Kier alpha value is -2.38. The van der Waals surface area contributed by atoms with Crippen molar-refractivity contribution in [3.05, 3.63) is 47.0 Å². The zero-order chi connectivity index (χ0) is 13.1. The number of hydrogen-bond donors (Lipinski definition) is 2. The molecule has 4 nitrogen and oxygen atoms in total. The van der Waals surface area contributed by atoms with Crippen LogP contribution in [0.1, 0.15) is 5.56 Å². The standard InChI is InChI=1S/C13H9ClN2O2/c14-9-6-8(7-15)4-5-11(9)18-12-3-1-2-10(17)13(12)16/h1-6,17H,16H2. The molecule has 5 heteroatoms. The molecule has 2 aromatic carbocycles. The maximum absolute atomic E-state index is 9.45. The second kappa shape index (κ2) is 4.86. The van der Waals surface area contributed by atoms with Gasteiger partial charge in [-0.2, -0.15) is 5.26 Å². The summed E-state index contributed by atoms with van der Waals surface area (Å²) in [5.74, 6) is 0.617. The lowest BCUT2D eigenvalue weighted by Crippen LogP contribution is -1.93. The minimum absolute atomic E-state index is 0.0581. The van der Waals surface area contributed by atoms with Crippen LogP contribution in [0.5, 0.6) is 17.2 Å². The van der Waals surface area contributed by atoms with Gasteiger partial charge in [0.05, 0.1) is 16.7 Å². The fourth-order valence-corrected chi connectivity index (χ4v) is 1.61. The average molecular weight is 261 g/mol. The lowest BCUT2D eigenvalue weighted by Gasteiger charge is -2.10. The van der Waals surface area contributed by atoms with E-state index in [-0.39, 0.29) is 11.4 Å². The van der Waals surface area contributed by atoms with Gasteiger partial charge in [-0.25, -0.2) is 0 Å². The number of phenolic OH excluding ortho intramolecular Hbond substituents is 1. The van der Waals surface area contributed by atoms with E-state index >= 15 is 0 Å². The zero-order valence-corrected chi connectivity index (χ0v) is 9.98. The number of phenols is 1. The first-order chi connectivity index (χ1) is 8.61. The Morgan fingerprint density at radius 2 is 2.00 bits per heavy atom. The number of nitrogen functional groups attached to an aromatic ring is 1. The number of aromatic hydroxyl groups is 1. The zero-order valence-electron chi connectivity index (χ0n) is 9.22. The summed E-state index contributed by atoms with van der Waals surface area (Å²) < 4.78 is 5.49. The third-order valence-corrected chi connectivity index (χ3v) is 2.62. The average Bonchev–Trinajstić information content (AvgIpc) is 2.37. The van der Waals surface area contributed by atoms with Crippen LogP contribution in [0.2, 0.25) is 5.02 Å². The van der Waals surface area contributed by atoms with Gasteiger partial charge in [0.2, 0.25) is 0 Å². The highest BCUT2D eigenvalue weighted by Crippen LogP contribution is 2.36. The monoisotopic (exact) mass is 260 g/mol. The maximum atomic E-state index is 9.45. The van der Waals surface area contributed by atoms with E-state index in [0.29, 0.717) is 22.1 Å². The number of nitrogens with zero attached hydrogens (tertiary/aromatic N) is 1. The number of halogens is 1. The summed E-state index contributed by atoms with van der Waals surface area (Å²) in [6.07, 6.45) is 0. The second-order valence-corrected chi connectivity index (χ2v) is 3.96. The smallest absolute Gasteiger partial charge is 0.154 e. The van der Waals surface area contributed by atoms with Crippen LogP contribution in [0, 0.1) is 11.3 Å². The fraction of sp³-hybridized carbons (Fsp3) is 0. The number of hydrogen-bond acceptors (Lipinski definition) is 4. The molecule has 0 saturated carbocycles. The Morgan fingerprint density at radius 1 is 1.22 bits per heavy atom. The van der Waals surface area contributed by atoms with Crippen LogP contribution in [0.15, 0.2) is 36.4 Å². The Labute approximate surface area is 109 Å². The first kappa shape index (κ1) is 12.1. The summed E-state index contributed by atoms with van der Waals surface area (Å²) >= 11 is 5.97. The third-order valence-electron chi connectivity index (χ3n) is 2.32. The van der Waals surface area contributed by atoms with Gasteiger partial charge < -0.3 is 15.6 Å². The molecule has 0 heterocycles. The van der Waals surface area contributed by atoms with Crippen LogP contribution >= 0.6 is 11.6 Å². The summed E-state index contributed by atoms with van der Waals surface area (Å²) in [7, 11) is 0. The van der Waals surface area contributed by atoms with Gasteiger partial charge in [0, 0.05) is 0 Å². The minimum atomic E-state index is -0.0581. The van der Waals surface area contributed by atoms with Gasteiger partial charge in [0.15, 0.2) is 5.75 Å². The number of ether oxygens (including phenoxy) is 1. The van der Waals surface area contributed by atoms with Gasteiger partial charge in [-0.3, -0.25) is 0 Å². The summed E-state index contributed by atoms with van der Waals surface area (Å²) in [5, 5.41) is 18.5. The summed E-state index contributed by atoms with van der Waals surface area (Å²) in [6, 6.07) is 11.3. The molecule has 90 valence electrons. The van der Waals surface area contributed by atoms with Crippen molar-refractivity contribution >= 4 is 17.3 Å². The van der Waals surface area contributed by atoms with Gasteiger partial charge in [0.25, 0.3) is 0 Å². The molecule has 0 radical (unpaired) electrons. The van der Waals surface area contributed by atoms with Crippen molar-refractivity contribution in [2.75, 3.05) is 5.73 Å². The van der Waals surface area contributed by atoms with Crippen molar-refractivity contribution in [3.8, 4) is 23.3 Å². The molecule has 0 saturated heterocycles. The Kier molecular flexibility index (Phi) is 3.26. The lowest BCUT2D eigenvalue weighted by molar-refractivity contribution is 0.460. The highest BCUT2D eigenvalue weighted by atomic mass is 35.5. The van der Waals surface area contributed by atoms with Gasteiger partial charge in [-0.15, -0.1) is 0 Å². The first-order valence-corrected chi connectivity index (χ1v) is 5.44. The molecule has 0 aromatic heterocycles. The minimum Gasteiger partial charge on any atom is -0.506 e. The Bertz CT molecular complexity index is 635. The van der Waals surface area contributed by atoms with Crippen molar-refractivity contribution in [2.45, 2.75) is 0 Å². The molecule has 2 aromatic rings. The van der Waals surface area contributed by atoms with Crippen molar-refractivity contribution in [2.24, 2.45) is 0 Å². The van der Waals surface area contributed by atoms with E-state index in [1.165, 1.54) is 12.1 Å². The van der Waals surface area contributed by atoms with E-state index in [0.717, 1.165) is 0 Å². The lowest BCUT2D eigenvalue weighted by atomic mass is 10.2. The van der Waals surface area contributed by atoms with Crippen molar-refractivity contribution < 1.29 is 9.84 Å². The van der Waals surface area contributed by atoms with Crippen molar-refractivity contribution in [1.82, 2.24) is 0 Å². The molecule has 0 bridgehead atoms. The highest BCUT2D eigenvalue weighted by Gasteiger charge is 2.09. The van der Waals surface area contributed by atoms with E-state index < -0.39 is 0 Å². The first-order valence-electron chi connectivity index (χ1n) is 5.07. The van der Waals surface area contributed by atoms with Gasteiger partial charge in [0.1, 0.15) is 17.2 Å². The summed E-state index contributed by atoms with van der Waals surface area (Å²) in [4.78, 5) is 0. The third kappa shape index (κ3) is 2.31. The number of benzene rings is 2. The largest absolute Gasteiger partial charge is 0.506 e. The normalized spacial score (nSPS) is 9.78. The van der Waals surface area contributed by atoms with Gasteiger partial charge >= 0.3 is 0 Å². The molecule has 18 heavy (non-hydrogen) atoms. The molecule has 0 aliphatic carbocycles. The predicted molar refractivity (Wildman–Crippen MR) is 68.8 cm³/mol. The molecular formula is C13H9ClN2O2. The Balaban J connectivity index is 2.35. The SMILES string of the molecule is N#Cc1ccc(Oc2cccc(O)c2N)c(Cl)c1. The molecule has 0 spiro atoms. The molecular weight excluding hydrogens is 252 g/mol. The van der Waals surface area contributed by atoms with Crippen LogP contribution in [0.4, 0.5) is 5.69 Å². The van der Waals surface area contributed by atoms with Gasteiger partial charge in [-0.05, 0) is 30.3 Å². The highest BCUT2D eigenvalue weighted by molar-refractivity contribution is 6.32. The van der Waals surface area contributed by atoms with Crippen LogP contribution in [0.25, 0.3) is 0 Å². The molecule has 0 fully saturated rings. The summed E-state index contributed by atoms with van der Waals surface area (Å²) in [6.45, 7) is 0. The number of rotatable bonds is 2. The van der Waals surface area contributed by atoms with Crippen molar-refractivity contribution in [1.29, 1.82) is 5.26 Å². The molecule has 0 atom stereocenters. The van der Waals surface area contributed by atoms with Crippen molar-refractivity contribution in [3.63, 3.8) is 0 Å². The molecule has 2 rings (SSSR count). The molecule has 0 aliphatic heterocycles. The van der Waals surface area contributed by atoms with E-state index in [9.17, 15) is 5.11 Å². The van der Waals surface area contributed by atoms with E-state index in [2.05, 4.69) is 0 Å². The number of anilines is 1. The van der Waals surface area contributed by atoms with Gasteiger partial charge in [-0.1, -0.05) is 17.7 Å². The van der Waals surface area contributed by atoms with E-state index in [1.807, 2.05) is 6.07 Å². The fourth-order valence-electron chi connectivity index (χ4n) is 1.39. The van der Waals surface area contributed by atoms with E-state index in [1.54, 1.807) is 24.3 Å². The maximum Gasteiger partial charge on any atom is 0.154 e. The summed E-state index contributed by atoms with van der Waals surface area (Å²) in [5.41, 5.74) is 6.24. The molecule has 0 aliphatic rings. The van der Waals surface area contributed by atoms with Crippen LogP contribution in [-0.4, -0.2) is 5.11 Å². The number of nitriles is 1. The van der Waals surface area contributed by atoms with Crippen LogP contribution in [0.3, 0.4) is 0 Å². The Morgan fingerprint density at radius 3 is 2.67 bits per heavy atom.